The van der Waals surface area contributed by atoms with Crippen LogP contribution in [-0.4, -0.2) is 9.97 Å². The summed E-state index contributed by atoms with van der Waals surface area (Å²) in [7, 11) is 0. The molecule has 0 atom stereocenters. The van der Waals surface area contributed by atoms with Crippen molar-refractivity contribution in [3.05, 3.63) is 24.9 Å². The van der Waals surface area contributed by atoms with Gasteiger partial charge in [0.1, 0.15) is 11.7 Å². The molecule has 0 saturated carbocycles. The molecule has 2 heterocycles. The molecule has 0 aromatic carbocycles. The zero-order valence-corrected chi connectivity index (χ0v) is 4.53. The van der Waals surface area contributed by atoms with E-state index in [4.69, 9.17) is 4.42 Å². The van der Waals surface area contributed by atoms with Crippen LogP contribution in [0.3, 0.4) is 0 Å². The second-order valence-electron chi connectivity index (χ2n) is 1.62. The van der Waals surface area contributed by atoms with Gasteiger partial charge in [-0.3, -0.25) is 4.98 Å². The lowest BCUT2D eigenvalue weighted by molar-refractivity contribution is 0.600. The van der Waals surface area contributed by atoms with Gasteiger partial charge in [0.25, 0.3) is 0 Å². The summed E-state index contributed by atoms with van der Waals surface area (Å²) in [5.41, 5.74) is 1.41. The molecule has 0 bridgehead atoms. The molecule has 0 amide bonds. The summed E-state index contributed by atoms with van der Waals surface area (Å²) in [6, 6.07) is 1.77. The summed E-state index contributed by atoms with van der Waals surface area (Å²) in [6.45, 7) is 0. The highest BCUT2D eigenvalue weighted by molar-refractivity contribution is 5.69. The van der Waals surface area contributed by atoms with Crippen molar-refractivity contribution in [2.24, 2.45) is 0 Å². The van der Waals surface area contributed by atoms with E-state index in [1.54, 1.807) is 12.3 Å². The smallest absolute Gasteiger partial charge is 0.182 e. The topological polar surface area (TPSA) is 38.9 Å². The minimum atomic E-state index is 0.609. The van der Waals surface area contributed by atoms with E-state index in [1.807, 2.05) is 0 Å². The molecule has 0 N–H and O–H groups in total. The van der Waals surface area contributed by atoms with Crippen molar-refractivity contribution < 1.29 is 4.42 Å². The average molecular weight is 119 g/mol. The van der Waals surface area contributed by atoms with E-state index in [0.29, 0.717) is 5.58 Å². The Morgan fingerprint density at radius 2 is 2.56 bits per heavy atom. The maximum Gasteiger partial charge on any atom is 0.182 e. The third-order valence-electron chi connectivity index (χ3n) is 1.07. The molecule has 2 rings (SSSR count). The van der Waals surface area contributed by atoms with Crippen LogP contribution in [-0.2, 0) is 0 Å². The first kappa shape index (κ1) is 4.49. The summed E-state index contributed by atoms with van der Waals surface area (Å²) < 4.78 is 4.89. The molecule has 1 radical (unpaired) electrons. The Balaban J connectivity index is 2.95. The van der Waals surface area contributed by atoms with Crippen LogP contribution in [0.2, 0.25) is 0 Å². The van der Waals surface area contributed by atoms with E-state index in [9.17, 15) is 0 Å². The van der Waals surface area contributed by atoms with Gasteiger partial charge in [-0.25, -0.2) is 4.98 Å². The van der Waals surface area contributed by atoms with E-state index in [1.165, 1.54) is 6.39 Å². The van der Waals surface area contributed by atoms with Gasteiger partial charge in [-0.15, -0.1) is 0 Å². The van der Waals surface area contributed by atoms with Crippen molar-refractivity contribution in [3.63, 3.8) is 0 Å². The molecule has 2 aromatic heterocycles. The van der Waals surface area contributed by atoms with E-state index in [-0.39, 0.29) is 0 Å². The van der Waals surface area contributed by atoms with Crippen LogP contribution < -0.4 is 0 Å². The maximum atomic E-state index is 4.89. The van der Waals surface area contributed by atoms with Gasteiger partial charge in [0.15, 0.2) is 12.0 Å². The second-order valence-corrected chi connectivity index (χ2v) is 1.62. The van der Waals surface area contributed by atoms with Crippen LogP contribution in [0.1, 0.15) is 0 Å². The van der Waals surface area contributed by atoms with E-state index in [0.717, 1.165) is 5.52 Å². The Morgan fingerprint density at radius 1 is 1.56 bits per heavy atom. The van der Waals surface area contributed by atoms with Gasteiger partial charge in [0.05, 0.1) is 0 Å². The fourth-order valence-corrected chi connectivity index (χ4v) is 0.661. The zero-order valence-electron chi connectivity index (χ0n) is 4.53. The summed E-state index contributed by atoms with van der Waals surface area (Å²) in [5.74, 6) is 0. The average Bonchev–Trinajstić information content (AvgIpc) is 2.33. The zero-order chi connectivity index (χ0) is 6.10. The number of hydrogen-bond donors (Lipinski definition) is 0. The van der Waals surface area contributed by atoms with Crippen LogP contribution in [0.15, 0.2) is 23.1 Å². The highest BCUT2D eigenvalue weighted by atomic mass is 16.3. The van der Waals surface area contributed by atoms with Crippen molar-refractivity contribution in [2.75, 3.05) is 0 Å². The molecule has 0 aliphatic carbocycles. The SMILES string of the molecule is [c]1nccc2ncoc12. The molecule has 3 heteroatoms. The first-order valence-corrected chi connectivity index (χ1v) is 2.53. The van der Waals surface area contributed by atoms with Crippen molar-refractivity contribution >= 4 is 11.1 Å². The fraction of sp³-hybridized carbons (Fsp3) is 0. The van der Waals surface area contributed by atoms with Gasteiger partial charge in [-0.2, -0.15) is 0 Å². The van der Waals surface area contributed by atoms with Gasteiger partial charge in [-0.1, -0.05) is 0 Å². The van der Waals surface area contributed by atoms with Gasteiger partial charge < -0.3 is 4.42 Å². The number of hydrogen-bond acceptors (Lipinski definition) is 3. The second kappa shape index (κ2) is 1.55. The molecule has 0 saturated heterocycles. The highest BCUT2D eigenvalue weighted by Crippen LogP contribution is 2.06. The van der Waals surface area contributed by atoms with Crippen LogP contribution >= 0.6 is 0 Å². The third kappa shape index (κ3) is 0.579. The molecule has 0 fully saturated rings. The van der Waals surface area contributed by atoms with Crippen molar-refractivity contribution in [1.82, 2.24) is 9.97 Å². The monoisotopic (exact) mass is 119 g/mol. The Labute approximate surface area is 51.3 Å². The molecular formula is C6H3N2O. The predicted molar refractivity (Wildman–Crippen MR) is 30.6 cm³/mol. The minimum absolute atomic E-state index is 0.609. The van der Waals surface area contributed by atoms with Gasteiger partial charge in [0, 0.05) is 6.20 Å². The Morgan fingerprint density at radius 3 is 3.44 bits per heavy atom. The first-order chi connectivity index (χ1) is 4.47. The first-order valence-electron chi connectivity index (χ1n) is 2.53. The van der Waals surface area contributed by atoms with Gasteiger partial charge in [0.2, 0.25) is 0 Å². The molecule has 0 aliphatic rings. The largest absolute Gasteiger partial charge is 0.441 e. The number of nitrogens with zero attached hydrogens (tertiary/aromatic N) is 2. The highest BCUT2D eigenvalue weighted by Gasteiger charge is 1.93. The molecule has 3 nitrogen and oxygen atoms in total. The third-order valence-corrected chi connectivity index (χ3v) is 1.07. The van der Waals surface area contributed by atoms with Gasteiger partial charge in [-0.05, 0) is 6.07 Å². The van der Waals surface area contributed by atoms with E-state index < -0.39 is 0 Å². The Hall–Kier alpha value is -1.38. The van der Waals surface area contributed by atoms with Crippen LogP contribution in [0.4, 0.5) is 0 Å². The van der Waals surface area contributed by atoms with Crippen molar-refractivity contribution in [3.8, 4) is 0 Å². The predicted octanol–water partition coefficient (Wildman–Crippen LogP) is 1.02. The molecule has 2 aromatic rings. The molecule has 0 aliphatic heterocycles. The number of fused-ring (bicyclic) bond motifs is 1. The normalized spacial score (nSPS) is 10.2. The number of oxazole rings is 1. The summed E-state index contributed by atoms with van der Waals surface area (Å²) in [6.07, 6.45) is 5.66. The fourth-order valence-electron chi connectivity index (χ4n) is 0.661. The Kier molecular flexibility index (Phi) is 0.773. The molecule has 9 heavy (non-hydrogen) atoms. The molecular weight excluding hydrogens is 116 g/mol. The number of aromatic nitrogens is 2. The lowest BCUT2D eigenvalue weighted by atomic mass is 10.4. The number of rotatable bonds is 0. The van der Waals surface area contributed by atoms with Crippen LogP contribution in [0.25, 0.3) is 11.1 Å². The summed E-state index contributed by atoms with van der Waals surface area (Å²) in [4.78, 5) is 7.61. The van der Waals surface area contributed by atoms with E-state index in [2.05, 4.69) is 16.2 Å². The Bertz CT molecular complexity index is 285. The molecule has 0 unspecified atom stereocenters. The van der Waals surface area contributed by atoms with E-state index >= 15 is 0 Å². The summed E-state index contributed by atoms with van der Waals surface area (Å²) >= 11 is 0. The van der Waals surface area contributed by atoms with Gasteiger partial charge >= 0.3 is 0 Å². The van der Waals surface area contributed by atoms with Crippen LogP contribution in [0.5, 0.6) is 0 Å². The molecule has 0 spiro atoms. The lowest BCUT2D eigenvalue weighted by Crippen LogP contribution is -1.68. The standard InChI is InChI=1S/C6H3N2O/c1-2-7-3-6-5(1)8-4-9-6/h1-2,4H. The van der Waals surface area contributed by atoms with Crippen molar-refractivity contribution in [2.45, 2.75) is 0 Å². The summed E-state index contributed by atoms with van der Waals surface area (Å²) in [5, 5.41) is 0. The lowest BCUT2D eigenvalue weighted by Gasteiger charge is -1.77. The number of pyridine rings is 1. The van der Waals surface area contributed by atoms with Crippen LogP contribution in [0, 0.1) is 6.20 Å². The quantitative estimate of drug-likeness (QED) is 0.519. The molecule has 43 valence electrons. The van der Waals surface area contributed by atoms with Crippen molar-refractivity contribution in [1.29, 1.82) is 0 Å². The maximum absolute atomic E-state index is 4.89. The minimum Gasteiger partial charge on any atom is -0.441 e.